The van der Waals surface area contributed by atoms with Crippen LogP contribution >= 0.6 is 0 Å². The predicted molar refractivity (Wildman–Crippen MR) is 66.0 cm³/mol. The Balaban J connectivity index is 1.72. The molecule has 1 aliphatic heterocycles. The summed E-state index contributed by atoms with van der Waals surface area (Å²) in [7, 11) is 0. The van der Waals surface area contributed by atoms with E-state index in [0.29, 0.717) is 0 Å². The number of nitrogens with zero attached hydrogens (tertiary/aromatic N) is 1. The van der Waals surface area contributed by atoms with Gasteiger partial charge in [-0.15, -0.1) is 0 Å². The van der Waals surface area contributed by atoms with Crippen molar-refractivity contribution in [3.63, 3.8) is 0 Å². The second-order valence-electron chi connectivity index (χ2n) is 5.64. The molecule has 2 rings (SSSR count). The van der Waals surface area contributed by atoms with Gasteiger partial charge < -0.3 is 4.90 Å². The number of hydrogen-bond donors (Lipinski definition) is 0. The lowest BCUT2D eigenvalue weighted by Gasteiger charge is -2.34. The third kappa shape index (κ3) is 3.48. The Labute approximate surface area is 95.2 Å². The Hall–Kier alpha value is -0.0400. The van der Waals surface area contributed by atoms with Crippen molar-refractivity contribution in [1.29, 1.82) is 0 Å². The monoisotopic (exact) mass is 209 g/mol. The van der Waals surface area contributed by atoms with Gasteiger partial charge in [0.2, 0.25) is 0 Å². The van der Waals surface area contributed by atoms with Crippen LogP contribution in [-0.4, -0.2) is 24.5 Å². The van der Waals surface area contributed by atoms with Gasteiger partial charge in [-0.1, -0.05) is 39.0 Å². The summed E-state index contributed by atoms with van der Waals surface area (Å²) in [5.41, 5.74) is 0. The molecule has 0 aromatic rings. The summed E-state index contributed by atoms with van der Waals surface area (Å²) in [6, 6.07) is 0. The van der Waals surface area contributed by atoms with Gasteiger partial charge in [-0.2, -0.15) is 0 Å². The molecule has 2 aliphatic rings. The molecule has 1 saturated heterocycles. The highest BCUT2D eigenvalue weighted by molar-refractivity contribution is 4.76. The Morgan fingerprint density at radius 2 is 1.67 bits per heavy atom. The van der Waals surface area contributed by atoms with Gasteiger partial charge in [0.25, 0.3) is 0 Å². The number of piperidine rings is 1. The SMILES string of the molecule is CCN1CCCC(CC2CCCCC2)C1. The van der Waals surface area contributed by atoms with Crippen molar-refractivity contribution in [3.05, 3.63) is 0 Å². The molecule has 1 saturated carbocycles. The zero-order valence-corrected chi connectivity index (χ0v) is 10.4. The molecule has 0 aromatic carbocycles. The van der Waals surface area contributed by atoms with Gasteiger partial charge >= 0.3 is 0 Å². The lowest BCUT2D eigenvalue weighted by molar-refractivity contribution is 0.152. The fraction of sp³-hybridized carbons (Fsp3) is 1.00. The third-order valence-electron chi connectivity index (χ3n) is 4.44. The van der Waals surface area contributed by atoms with E-state index in [0.717, 1.165) is 11.8 Å². The van der Waals surface area contributed by atoms with E-state index in [4.69, 9.17) is 0 Å². The topological polar surface area (TPSA) is 3.24 Å². The highest BCUT2D eigenvalue weighted by Gasteiger charge is 2.23. The molecule has 0 bridgehead atoms. The maximum absolute atomic E-state index is 2.65. The predicted octanol–water partition coefficient (Wildman–Crippen LogP) is 3.69. The summed E-state index contributed by atoms with van der Waals surface area (Å²) in [6.07, 6.45) is 12.1. The minimum absolute atomic E-state index is 1.03. The molecule has 1 nitrogen and oxygen atoms in total. The first-order valence-corrected chi connectivity index (χ1v) is 7.11. The molecule has 1 heteroatoms. The quantitative estimate of drug-likeness (QED) is 0.685. The van der Waals surface area contributed by atoms with E-state index < -0.39 is 0 Å². The van der Waals surface area contributed by atoms with E-state index in [1.807, 2.05) is 0 Å². The van der Waals surface area contributed by atoms with Crippen molar-refractivity contribution in [2.24, 2.45) is 11.8 Å². The van der Waals surface area contributed by atoms with Crippen molar-refractivity contribution in [2.45, 2.75) is 58.3 Å². The maximum atomic E-state index is 2.65. The first-order chi connectivity index (χ1) is 7.38. The van der Waals surface area contributed by atoms with E-state index in [1.165, 1.54) is 71.0 Å². The van der Waals surface area contributed by atoms with E-state index >= 15 is 0 Å². The summed E-state index contributed by atoms with van der Waals surface area (Å²) < 4.78 is 0. The first-order valence-electron chi connectivity index (χ1n) is 7.11. The smallest absolute Gasteiger partial charge is 0.000965 e. The molecule has 1 aliphatic carbocycles. The number of likely N-dealkylation sites (tertiary alicyclic amines) is 1. The molecule has 0 spiro atoms. The van der Waals surface area contributed by atoms with Crippen LogP contribution in [0.3, 0.4) is 0 Å². The first kappa shape index (κ1) is 11.4. The largest absolute Gasteiger partial charge is 0.303 e. The zero-order chi connectivity index (χ0) is 10.5. The Kier molecular flexibility index (Phi) is 4.49. The van der Waals surface area contributed by atoms with Crippen LogP contribution in [0.5, 0.6) is 0 Å². The van der Waals surface area contributed by atoms with Gasteiger partial charge in [-0.05, 0) is 44.2 Å². The van der Waals surface area contributed by atoms with Gasteiger partial charge in [0, 0.05) is 6.54 Å². The average Bonchev–Trinajstić information content (AvgIpc) is 2.31. The van der Waals surface area contributed by atoms with Crippen molar-refractivity contribution in [2.75, 3.05) is 19.6 Å². The fourth-order valence-corrected chi connectivity index (χ4v) is 3.53. The van der Waals surface area contributed by atoms with Crippen LogP contribution in [0.25, 0.3) is 0 Å². The zero-order valence-electron chi connectivity index (χ0n) is 10.4. The summed E-state index contributed by atoms with van der Waals surface area (Å²) >= 11 is 0. The van der Waals surface area contributed by atoms with Gasteiger partial charge in [-0.3, -0.25) is 0 Å². The van der Waals surface area contributed by atoms with Gasteiger partial charge in [0.15, 0.2) is 0 Å². The van der Waals surface area contributed by atoms with Crippen LogP contribution in [0.1, 0.15) is 58.3 Å². The number of hydrogen-bond acceptors (Lipinski definition) is 1. The molecule has 0 N–H and O–H groups in total. The molecular weight excluding hydrogens is 182 g/mol. The second-order valence-corrected chi connectivity index (χ2v) is 5.64. The summed E-state index contributed by atoms with van der Waals surface area (Å²) in [4.78, 5) is 2.65. The lowest BCUT2D eigenvalue weighted by atomic mass is 9.80. The highest BCUT2D eigenvalue weighted by atomic mass is 15.1. The molecule has 2 fully saturated rings. The van der Waals surface area contributed by atoms with Crippen LogP contribution in [0.15, 0.2) is 0 Å². The molecule has 1 atom stereocenters. The van der Waals surface area contributed by atoms with Crippen molar-refractivity contribution in [3.8, 4) is 0 Å². The molecular formula is C14H27N. The summed E-state index contributed by atoms with van der Waals surface area (Å²) in [5, 5.41) is 0. The van der Waals surface area contributed by atoms with Gasteiger partial charge in [0.05, 0.1) is 0 Å². The molecule has 1 heterocycles. The van der Waals surface area contributed by atoms with Crippen LogP contribution in [0.2, 0.25) is 0 Å². The standard InChI is InChI=1S/C14H27N/c1-2-15-10-6-9-14(12-15)11-13-7-4-3-5-8-13/h13-14H,2-12H2,1H3. The van der Waals surface area contributed by atoms with E-state index in [1.54, 1.807) is 0 Å². The third-order valence-corrected chi connectivity index (χ3v) is 4.44. The molecule has 0 radical (unpaired) electrons. The second kappa shape index (κ2) is 5.89. The van der Waals surface area contributed by atoms with Crippen molar-refractivity contribution < 1.29 is 0 Å². The van der Waals surface area contributed by atoms with E-state index in [9.17, 15) is 0 Å². The summed E-state index contributed by atoms with van der Waals surface area (Å²) in [5.74, 6) is 2.11. The average molecular weight is 209 g/mol. The van der Waals surface area contributed by atoms with Crippen LogP contribution < -0.4 is 0 Å². The molecule has 1 unspecified atom stereocenters. The minimum atomic E-state index is 1.03. The van der Waals surface area contributed by atoms with Crippen LogP contribution in [0, 0.1) is 11.8 Å². The van der Waals surface area contributed by atoms with E-state index in [2.05, 4.69) is 11.8 Å². The van der Waals surface area contributed by atoms with Crippen molar-refractivity contribution >= 4 is 0 Å². The Bertz CT molecular complexity index is 172. The van der Waals surface area contributed by atoms with Crippen LogP contribution in [0.4, 0.5) is 0 Å². The Morgan fingerprint density at radius 1 is 0.933 bits per heavy atom. The van der Waals surface area contributed by atoms with Crippen LogP contribution in [-0.2, 0) is 0 Å². The molecule has 0 amide bonds. The fourth-order valence-electron chi connectivity index (χ4n) is 3.53. The Morgan fingerprint density at radius 3 is 2.40 bits per heavy atom. The normalized spacial score (nSPS) is 30.6. The molecule has 0 aromatic heterocycles. The molecule has 15 heavy (non-hydrogen) atoms. The summed E-state index contributed by atoms with van der Waals surface area (Å²) in [6.45, 7) is 6.33. The van der Waals surface area contributed by atoms with Crippen molar-refractivity contribution in [1.82, 2.24) is 4.90 Å². The van der Waals surface area contributed by atoms with E-state index in [-0.39, 0.29) is 0 Å². The minimum Gasteiger partial charge on any atom is -0.303 e. The van der Waals surface area contributed by atoms with Gasteiger partial charge in [-0.25, -0.2) is 0 Å². The van der Waals surface area contributed by atoms with Gasteiger partial charge in [0.1, 0.15) is 0 Å². The molecule has 88 valence electrons. The lowest BCUT2D eigenvalue weighted by Crippen LogP contribution is -2.36. The highest BCUT2D eigenvalue weighted by Crippen LogP contribution is 2.32. The number of rotatable bonds is 3. The maximum Gasteiger partial charge on any atom is 0.000965 e.